The normalized spacial score (nSPS) is 10.5. The molecule has 0 unspecified atom stereocenters. The standard InChI is InChI=1S/C15H17NO3/c1-9-5-6-10(2)13(7-9)15(17)18-8-14-16-11(3)12(4)19-14/h5-7H,8H2,1-4H3. The van der Waals surface area contributed by atoms with Crippen molar-refractivity contribution in [3.8, 4) is 0 Å². The van der Waals surface area contributed by atoms with Crippen LogP contribution in [0.25, 0.3) is 0 Å². The Hall–Kier alpha value is -2.10. The second-order valence-corrected chi connectivity index (χ2v) is 4.64. The summed E-state index contributed by atoms with van der Waals surface area (Å²) in [5.74, 6) is 0.821. The molecule has 0 aliphatic heterocycles. The lowest BCUT2D eigenvalue weighted by Gasteiger charge is -2.06. The van der Waals surface area contributed by atoms with Gasteiger partial charge in [0.05, 0.1) is 11.3 Å². The van der Waals surface area contributed by atoms with Crippen molar-refractivity contribution in [1.29, 1.82) is 0 Å². The Morgan fingerprint density at radius 3 is 2.63 bits per heavy atom. The number of benzene rings is 1. The Labute approximate surface area is 112 Å². The fraction of sp³-hybridized carbons (Fsp3) is 0.333. The minimum Gasteiger partial charge on any atom is -0.452 e. The Morgan fingerprint density at radius 2 is 2.00 bits per heavy atom. The van der Waals surface area contributed by atoms with Crippen LogP contribution < -0.4 is 0 Å². The molecule has 2 rings (SSSR count). The number of aromatic nitrogens is 1. The zero-order chi connectivity index (χ0) is 14.0. The first kappa shape index (κ1) is 13.3. The molecule has 1 aromatic heterocycles. The number of carbonyl (C=O) groups is 1. The molecule has 0 atom stereocenters. The highest BCUT2D eigenvalue weighted by atomic mass is 16.5. The quantitative estimate of drug-likeness (QED) is 0.794. The first-order chi connectivity index (χ1) is 8.97. The first-order valence-corrected chi connectivity index (χ1v) is 6.14. The second-order valence-electron chi connectivity index (χ2n) is 4.64. The van der Waals surface area contributed by atoms with Gasteiger partial charge < -0.3 is 9.15 Å². The molecule has 0 saturated carbocycles. The molecule has 0 radical (unpaired) electrons. The summed E-state index contributed by atoms with van der Waals surface area (Å²) >= 11 is 0. The third-order valence-corrected chi connectivity index (χ3v) is 3.01. The van der Waals surface area contributed by atoms with E-state index >= 15 is 0 Å². The van der Waals surface area contributed by atoms with Crippen LogP contribution in [0, 0.1) is 27.7 Å². The summed E-state index contributed by atoms with van der Waals surface area (Å²) in [7, 11) is 0. The van der Waals surface area contributed by atoms with E-state index in [1.165, 1.54) is 0 Å². The zero-order valence-corrected chi connectivity index (χ0v) is 11.6. The van der Waals surface area contributed by atoms with Crippen molar-refractivity contribution in [2.75, 3.05) is 0 Å². The lowest BCUT2D eigenvalue weighted by molar-refractivity contribution is 0.0436. The lowest BCUT2D eigenvalue weighted by atomic mass is 10.1. The summed E-state index contributed by atoms with van der Waals surface area (Å²) in [6.45, 7) is 7.57. The van der Waals surface area contributed by atoms with E-state index in [-0.39, 0.29) is 12.6 Å². The van der Waals surface area contributed by atoms with E-state index in [1.807, 2.05) is 45.9 Å². The molecule has 0 aliphatic rings. The molecule has 4 nitrogen and oxygen atoms in total. The van der Waals surface area contributed by atoms with Crippen LogP contribution in [0.4, 0.5) is 0 Å². The zero-order valence-electron chi connectivity index (χ0n) is 11.6. The fourth-order valence-corrected chi connectivity index (χ4v) is 1.76. The van der Waals surface area contributed by atoms with Gasteiger partial charge in [0.2, 0.25) is 5.89 Å². The summed E-state index contributed by atoms with van der Waals surface area (Å²) < 4.78 is 10.6. The van der Waals surface area contributed by atoms with Crippen molar-refractivity contribution in [2.24, 2.45) is 0 Å². The number of aryl methyl sites for hydroxylation is 4. The third-order valence-electron chi connectivity index (χ3n) is 3.01. The van der Waals surface area contributed by atoms with E-state index in [0.717, 1.165) is 22.6 Å². The Bertz CT molecular complexity index is 594. The molecular formula is C15H17NO3. The van der Waals surface area contributed by atoms with E-state index in [9.17, 15) is 4.79 Å². The van der Waals surface area contributed by atoms with Crippen LogP contribution in [0.1, 0.15) is 38.8 Å². The van der Waals surface area contributed by atoms with Crippen molar-refractivity contribution in [1.82, 2.24) is 4.98 Å². The fourth-order valence-electron chi connectivity index (χ4n) is 1.76. The number of oxazole rings is 1. The van der Waals surface area contributed by atoms with Crippen molar-refractivity contribution < 1.29 is 13.9 Å². The van der Waals surface area contributed by atoms with E-state index in [4.69, 9.17) is 9.15 Å². The Kier molecular flexibility index (Phi) is 3.69. The Morgan fingerprint density at radius 1 is 1.26 bits per heavy atom. The molecule has 1 heterocycles. The summed E-state index contributed by atoms with van der Waals surface area (Å²) in [4.78, 5) is 16.2. The molecule has 0 fully saturated rings. The molecule has 2 aromatic rings. The smallest absolute Gasteiger partial charge is 0.338 e. The number of hydrogen-bond donors (Lipinski definition) is 0. The maximum atomic E-state index is 12.0. The van der Waals surface area contributed by atoms with Crippen LogP contribution in [0.2, 0.25) is 0 Å². The molecule has 0 amide bonds. The van der Waals surface area contributed by atoms with Crippen LogP contribution in [0.15, 0.2) is 22.6 Å². The van der Waals surface area contributed by atoms with E-state index in [1.54, 1.807) is 0 Å². The van der Waals surface area contributed by atoms with Gasteiger partial charge in [0, 0.05) is 0 Å². The highest BCUT2D eigenvalue weighted by Crippen LogP contribution is 2.14. The molecule has 19 heavy (non-hydrogen) atoms. The van der Waals surface area contributed by atoms with Gasteiger partial charge in [-0.05, 0) is 39.3 Å². The summed E-state index contributed by atoms with van der Waals surface area (Å²) in [6, 6.07) is 5.70. The van der Waals surface area contributed by atoms with Crippen molar-refractivity contribution in [3.05, 3.63) is 52.2 Å². The molecular weight excluding hydrogens is 242 g/mol. The molecule has 100 valence electrons. The number of esters is 1. The number of hydrogen-bond acceptors (Lipinski definition) is 4. The van der Waals surface area contributed by atoms with Gasteiger partial charge in [-0.15, -0.1) is 0 Å². The van der Waals surface area contributed by atoms with Gasteiger partial charge in [-0.2, -0.15) is 0 Å². The Balaban J connectivity index is 2.07. The second kappa shape index (κ2) is 5.26. The predicted octanol–water partition coefficient (Wildman–Crippen LogP) is 3.27. The minimum absolute atomic E-state index is 0.0564. The summed E-state index contributed by atoms with van der Waals surface area (Å²) in [5, 5.41) is 0. The number of carbonyl (C=O) groups excluding carboxylic acids is 1. The van der Waals surface area contributed by atoms with Gasteiger partial charge >= 0.3 is 5.97 Å². The van der Waals surface area contributed by atoms with Crippen LogP contribution in [-0.4, -0.2) is 11.0 Å². The summed E-state index contributed by atoms with van der Waals surface area (Å²) in [6.07, 6.45) is 0. The maximum Gasteiger partial charge on any atom is 0.338 e. The van der Waals surface area contributed by atoms with Crippen molar-refractivity contribution in [2.45, 2.75) is 34.3 Å². The van der Waals surface area contributed by atoms with Crippen molar-refractivity contribution in [3.63, 3.8) is 0 Å². The molecule has 4 heteroatoms. The molecule has 0 N–H and O–H groups in total. The molecule has 1 aromatic carbocycles. The van der Waals surface area contributed by atoms with Gasteiger partial charge in [0.15, 0.2) is 6.61 Å². The van der Waals surface area contributed by atoms with Crippen molar-refractivity contribution >= 4 is 5.97 Å². The van der Waals surface area contributed by atoms with Gasteiger partial charge in [-0.3, -0.25) is 0 Å². The average Bonchev–Trinajstić information content (AvgIpc) is 2.69. The van der Waals surface area contributed by atoms with Gasteiger partial charge in [-0.1, -0.05) is 17.7 Å². The molecule has 0 bridgehead atoms. The van der Waals surface area contributed by atoms with Crippen LogP contribution in [0.5, 0.6) is 0 Å². The van der Waals surface area contributed by atoms with E-state index in [2.05, 4.69) is 4.98 Å². The SMILES string of the molecule is Cc1ccc(C)c(C(=O)OCc2nc(C)c(C)o2)c1. The first-order valence-electron chi connectivity index (χ1n) is 6.14. The van der Waals surface area contributed by atoms with Crippen LogP contribution >= 0.6 is 0 Å². The van der Waals surface area contributed by atoms with Gasteiger partial charge in [0.1, 0.15) is 5.76 Å². The largest absolute Gasteiger partial charge is 0.452 e. The van der Waals surface area contributed by atoms with Gasteiger partial charge in [-0.25, -0.2) is 9.78 Å². The number of ether oxygens (including phenoxy) is 1. The predicted molar refractivity (Wildman–Crippen MR) is 71.0 cm³/mol. The summed E-state index contributed by atoms with van der Waals surface area (Å²) in [5.41, 5.74) is 3.33. The van der Waals surface area contributed by atoms with E-state index in [0.29, 0.717) is 11.5 Å². The van der Waals surface area contributed by atoms with Crippen LogP contribution in [0.3, 0.4) is 0 Å². The highest BCUT2D eigenvalue weighted by Gasteiger charge is 2.13. The number of nitrogens with zero attached hydrogens (tertiary/aromatic N) is 1. The monoisotopic (exact) mass is 259 g/mol. The highest BCUT2D eigenvalue weighted by molar-refractivity contribution is 5.91. The topological polar surface area (TPSA) is 52.3 Å². The minimum atomic E-state index is -0.352. The maximum absolute atomic E-state index is 12.0. The molecule has 0 saturated heterocycles. The third kappa shape index (κ3) is 3.02. The molecule has 0 aliphatic carbocycles. The average molecular weight is 259 g/mol. The molecule has 0 spiro atoms. The number of rotatable bonds is 3. The lowest BCUT2D eigenvalue weighted by Crippen LogP contribution is -2.07. The van der Waals surface area contributed by atoms with E-state index < -0.39 is 0 Å². The van der Waals surface area contributed by atoms with Crippen LogP contribution in [-0.2, 0) is 11.3 Å². The van der Waals surface area contributed by atoms with Gasteiger partial charge in [0.25, 0.3) is 0 Å².